The van der Waals surface area contributed by atoms with Crippen molar-refractivity contribution >= 4 is 27.4 Å². The van der Waals surface area contributed by atoms with Gasteiger partial charge in [0, 0.05) is 28.5 Å². The first-order valence-corrected chi connectivity index (χ1v) is 6.68. The second-order valence-electron chi connectivity index (χ2n) is 4.24. The Morgan fingerprint density at radius 3 is 2.84 bits per heavy atom. The third-order valence-corrected chi connectivity index (χ3v) is 3.23. The number of nitrogens with one attached hydrogen (secondary N) is 1. The zero-order valence-electron chi connectivity index (χ0n) is 10.9. The number of hydrogen-bond acceptors (Lipinski definition) is 4. The van der Waals surface area contributed by atoms with Gasteiger partial charge in [0.2, 0.25) is 0 Å². The zero-order valence-corrected chi connectivity index (χ0v) is 12.5. The van der Waals surface area contributed by atoms with Crippen LogP contribution < -0.4 is 15.8 Å². The van der Waals surface area contributed by atoms with Crippen LogP contribution in [0.15, 0.2) is 34.9 Å². The van der Waals surface area contributed by atoms with Crippen molar-refractivity contribution in [2.45, 2.75) is 13.5 Å². The number of ether oxygens (including phenoxy) is 1. The number of nitrogens with two attached hydrogens (primary N) is 1. The first-order chi connectivity index (χ1) is 9.10. The molecule has 0 amide bonds. The average molecular weight is 322 g/mol. The smallest absolute Gasteiger partial charge is 0.129 e. The van der Waals surface area contributed by atoms with Crippen LogP contribution in [0.5, 0.6) is 5.75 Å². The van der Waals surface area contributed by atoms with Crippen molar-refractivity contribution in [3.63, 3.8) is 0 Å². The maximum atomic E-state index is 5.80. The van der Waals surface area contributed by atoms with Gasteiger partial charge in [0.15, 0.2) is 0 Å². The van der Waals surface area contributed by atoms with Gasteiger partial charge in [-0.05, 0) is 52.7 Å². The first-order valence-electron chi connectivity index (χ1n) is 5.88. The number of aromatic nitrogens is 1. The van der Waals surface area contributed by atoms with Gasteiger partial charge in [0.1, 0.15) is 11.6 Å². The molecule has 3 N–H and O–H groups in total. The highest BCUT2D eigenvalue weighted by molar-refractivity contribution is 9.10. The van der Waals surface area contributed by atoms with Crippen molar-refractivity contribution in [3.05, 3.63) is 46.1 Å². The largest absolute Gasteiger partial charge is 0.496 e. The Bertz CT molecular complexity index is 587. The summed E-state index contributed by atoms with van der Waals surface area (Å²) in [5.41, 5.74) is 8.60. The van der Waals surface area contributed by atoms with E-state index >= 15 is 0 Å². The number of anilines is 2. The molecule has 0 aliphatic carbocycles. The van der Waals surface area contributed by atoms with Crippen LogP contribution in [0.2, 0.25) is 0 Å². The van der Waals surface area contributed by atoms with Gasteiger partial charge >= 0.3 is 0 Å². The van der Waals surface area contributed by atoms with Crippen molar-refractivity contribution in [1.29, 1.82) is 0 Å². The van der Waals surface area contributed by atoms with E-state index in [-0.39, 0.29) is 0 Å². The number of methoxy groups -OCH3 is 1. The van der Waals surface area contributed by atoms with Gasteiger partial charge in [-0.1, -0.05) is 0 Å². The predicted octanol–water partition coefficient (Wildman–Crippen LogP) is 3.36. The molecule has 100 valence electrons. The maximum Gasteiger partial charge on any atom is 0.129 e. The van der Waals surface area contributed by atoms with Gasteiger partial charge in [-0.25, -0.2) is 4.98 Å². The number of benzene rings is 1. The lowest BCUT2D eigenvalue weighted by Crippen LogP contribution is -2.05. The second-order valence-corrected chi connectivity index (χ2v) is 5.16. The fourth-order valence-electron chi connectivity index (χ4n) is 1.84. The Labute approximate surface area is 121 Å². The molecule has 0 aliphatic heterocycles. The summed E-state index contributed by atoms with van der Waals surface area (Å²) in [7, 11) is 1.65. The van der Waals surface area contributed by atoms with Crippen molar-refractivity contribution < 1.29 is 4.74 Å². The first kappa shape index (κ1) is 13.7. The highest BCUT2D eigenvalue weighted by atomic mass is 79.9. The molecule has 0 unspecified atom stereocenters. The topological polar surface area (TPSA) is 60.2 Å². The summed E-state index contributed by atoms with van der Waals surface area (Å²) < 4.78 is 6.28. The van der Waals surface area contributed by atoms with Gasteiger partial charge in [-0.3, -0.25) is 0 Å². The Morgan fingerprint density at radius 1 is 1.37 bits per heavy atom. The molecular formula is C14H16BrN3O. The minimum atomic E-state index is 0.615. The molecule has 4 nitrogen and oxygen atoms in total. The number of pyridine rings is 1. The lowest BCUT2D eigenvalue weighted by atomic mass is 10.1. The third kappa shape index (κ3) is 3.38. The molecule has 0 spiro atoms. The predicted molar refractivity (Wildman–Crippen MR) is 81.4 cm³/mol. The summed E-state index contributed by atoms with van der Waals surface area (Å²) in [5, 5.41) is 3.29. The summed E-state index contributed by atoms with van der Waals surface area (Å²) in [5.74, 6) is 1.67. The van der Waals surface area contributed by atoms with Crippen LogP contribution in [0.4, 0.5) is 11.5 Å². The van der Waals surface area contributed by atoms with Crippen molar-refractivity contribution in [2.24, 2.45) is 0 Å². The molecule has 0 radical (unpaired) electrons. The fourth-order valence-corrected chi connectivity index (χ4v) is 2.29. The Balaban J connectivity index is 2.16. The van der Waals surface area contributed by atoms with Crippen LogP contribution in [0.3, 0.4) is 0 Å². The van der Waals surface area contributed by atoms with Crippen molar-refractivity contribution in [1.82, 2.24) is 4.98 Å². The monoisotopic (exact) mass is 321 g/mol. The molecule has 0 fully saturated rings. The fraction of sp³-hybridized carbons (Fsp3) is 0.214. The van der Waals surface area contributed by atoms with E-state index in [1.807, 2.05) is 31.2 Å². The lowest BCUT2D eigenvalue weighted by molar-refractivity contribution is 0.410. The maximum absolute atomic E-state index is 5.80. The van der Waals surface area contributed by atoms with Gasteiger partial charge in [-0.15, -0.1) is 0 Å². The quantitative estimate of drug-likeness (QED) is 0.848. The Morgan fingerprint density at radius 2 is 2.16 bits per heavy atom. The van der Waals surface area contributed by atoms with E-state index in [2.05, 4.69) is 26.2 Å². The minimum absolute atomic E-state index is 0.615. The van der Waals surface area contributed by atoms with Gasteiger partial charge in [0.05, 0.1) is 7.11 Å². The highest BCUT2D eigenvalue weighted by Gasteiger charge is 2.05. The molecule has 0 bridgehead atoms. The SMILES string of the molecule is COc1ccc(N)cc1CNc1ncc(Br)cc1C. The van der Waals surface area contributed by atoms with E-state index in [1.165, 1.54) is 0 Å². The number of aryl methyl sites for hydroxylation is 1. The average Bonchev–Trinajstić information content (AvgIpc) is 2.38. The molecule has 1 heterocycles. The Kier molecular flexibility index (Phi) is 4.27. The van der Waals surface area contributed by atoms with Crippen LogP contribution in [0, 0.1) is 6.92 Å². The van der Waals surface area contributed by atoms with Crippen molar-refractivity contribution in [3.8, 4) is 5.75 Å². The number of hydrogen-bond donors (Lipinski definition) is 2. The van der Waals surface area contributed by atoms with E-state index in [0.29, 0.717) is 6.54 Å². The number of nitrogen functional groups attached to an aromatic ring is 1. The van der Waals surface area contributed by atoms with E-state index in [0.717, 1.165) is 32.9 Å². The van der Waals surface area contributed by atoms with E-state index in [4.69, 9.17) is 10.5 Å². The normalized spacial score (nSPS) is 10.3. The zero-order chi connectivity index (χ0) is 13.8. The van der Waals surface area contributed by atoms with E-state index in [1.54, 1.807) is 13.3 Å². The van der Waals surface area contributed by atoms with Crippen molar-refractivity contribution in [2.75, 3.05) is 18.2 Å². The molecule has 5 heteroatoms. The number of rotatable bonds is 4. The molecule has 19 heavy (non-hydrogen) atoms. The standard InChI is InChI=1S/C14H16BrN3O/c1-9-5-11(15)8-18-14(9)17-7-10-6-12(16)3-4-13(10)19-2/h3-6,8H,7,16H2,1-2H3,(H,17,18). The summed E-state index contributed by atoms with van der Waals surface area (Å²) >= 11 is 3.40. The molecular weight excluding hydrogens is 306 g/mol. The van der Waals surface area contributed by atoms with Crippen LogP contribution in [-0.2, 0) is 6.54 Å². The van der Waals surface area contributed by atoms with Crippen LogP contribution in [-0.4, -0.2) is 12.1 Å². The molecule has 2 rings (SSSR count). The molecule has 1 aromatic heterocycles. The van der Waals surface area contributed by atoms with E-state index < -0.39 is 0 Å². The molecule has 0 aliphatic rings. The van der Waals surface area contributed by atoms with Gasteiger partial charge in [-0.2, -0.15) is 0 Å². The second kappa shape index (κ2) is 5.93. The van der Waals surface area contributed by atoms with E-state index in [9.17, 15) is 0 Å². The van der Waals surface area contributed by atoms with Gasteiger partial charge in [0.25, 0.3) is 0 Å². The molecule has 2 aromatic rings. The molecule has 0 saturated heterocycles. The molecule has 0 saturated carbocycles. The summed E-state index contributed by atoms with van der Waals surface area (Å²) in [6.45, 7) is 2.63. The van der Waals surface area contributed by atoms with Gasteiger partial charge < -0.3 is 15.8 Å². The van der Waals surface area contributed by atoms with Crippen LogP contribution >= 0.6 is 15.9 Å². The summed E-state index contributed by atoms with van der Waals surface area (Å²) in [4.78, 5) is 4.34. The van der Waals surface area contributed by atoms with Crippen LogP contribution in [0.25, 0.3) is 0 Å². The van der Waals surface area contributed by atoms with Crippen LogP contribution in [0.1, 0.15) is 11.1 Å². The number of nitrogens with zero attached hydrogens (tertiary/aromatic N) is 1. The summed E-state index contributed by atoms with van der Waals surface area (Å²) in [6.07, 6.45) is 1.77. The minimum Gasteiger partial charge on any atom is -0.496 e. The third-order valence-electron chi connectivity index (χ3n) is 2.80. The molecule has 0 atom stereocenters. The highest BCUT2D eigenvalue weighted by Crippen LogP contribution is 2.23. The Hall–Kier alpha value is -1.75. The lowest BCUT2D eigenvalue weighted by Gasteiger charge is -2.12. The summed E-state index contributed by atoms with van der Waals surface area (Å²) in [6, 6.07) is 7.62. The molecule has 1 aromatic carbocycles. The number of halogens is 1.